The lowest BCUT2D eigenvalue weighted by Gasteiger charge is -2.27. The SMILES string of the molecule is CCN(c1cnc(C(=O)Nc2cccc(C)c2)cn1)C1CCS(=O)(=O)C1. The fourth-order valence-electron chi connectivity index (χ4n) is 3.13. The minimum absolute atomic E-state index is 0.0914. The molecule has 1 atom stereocenters. The first-order valence-corrected chi connectivity index (χ1v) is 10.4. The largest absolute Gasteiger partial charge is 0.352 e. The quantitative estimate of drug-likeness (QED) is 0.861. The Labute approximate surface area is 153 Å². The third-order valence-corrected chi connectivity index (χ3v) is 6.18. The number of sulfone groups is 1. The number of hydrogen-bond donors (Lipinski definition) is 1. The minimum Gasteiger partial charge on any atom is -0.352 e. The van der Waals surface area contributed by atoms with Crippen LogP contribution in [0, 0.1) is 6.92 Å². The van der Waals surface area contributed by atoms with Gasteiger partial charge >= 0.3 is 0 Å². The molecule has 138 valence electrons. The molecule has 3 rings (SSSR count). The van der Waals surface area contributed by atoms with Gasteiger partial charge in [-0.3, -0.25) is 4.79 Å². The van der Waals surface area contributed by atoms with E-state index in [9.17, 15) is 13.2 Å². The van der Waals surface area contributed by atoms with Crippen LogP contribution in [-0.2, 0) is 9.84 Å². The van der Waals surface area contributed by atoms with Gasteiger partial charge in [0.25, 0.3) is 5.91 Å². The molecule has 0 spiro atoms. The molecule has 2 heterocycles. The van der Waals surface area contributed by atoms with Crippen LogP contribution in [0.2, 0.25) is 0 Å². The maximum atomic E-state index is 12.3. The van der Waals surface area contributed by atoms with Gasteiger partial charge in [0.2, 0.25) is 0 Å². The second kappa shape index (κ2) is 7.41. The number of amides is 1. The summed E-state index contributed by atoms with van der Waals surface area (Å²) in [4.78, 5) is 22.8. The van der Waals surface area contributed by atoms with E-state index in [-0.39, 0.29) is 29.1 Å². The first-order chi connectivity index (χ1) is 12.4. The number of nitrogens with zero attached hydrogens (tertiary/aromatic N) is 3. The molecule has 1 aliphatic rings. The van der Waals surface area contributed by atoms with Crippen molar-refractivity contribution in [2.24, 2.45) is 0 Å². The van der Waals surface area contributed by atoms with Gasteiger partial charge in [0.05, 0.1) is 23.9 Å². The molecule has 7 nitrogen and oxygen atoms in total. The number of benzene rings is 1. The van der Waals surface area contributed by atoms with Crippen molar-refractivity contribution in [3.05, 3.63) is 47.9 Å². The molecular weight excluding hydrogens is 352 g/mol. The normalized spacial score (nSPS) is 18.5. The van der Waals surface area contributed by atoms with Crippen molar-refractivity contribution in [3.63, 3.8) is 0 Å². The Hall–Kier alpha value is -2.48. The molecule has 2 aromatic rings. The lowest BCUT2D eigenvalue weighted by molar-refractivity contribution is 0.102. The third kappa shape index (κ3) is 4.19. The Morgan fingerprint density at radius 3 is 2.69 bits per heavy atom. The lowest BCUT2D eigenvalue weighted by Crippen LogP contribution is -2.36. The van der Waals surface area contributed by atoms with Crippen molar-refractivity contribution in [2.45, 2.75) is 26.3 Å². The van der Waals surface area contributed by atoms with Crippen LogP contribution >= 0.6 is 0 Å². The predicted molar refractivity (Wildman–Crippen MR) is 101 cm³/mol. The summed E-state index contributed by atoms with van der Waals surface area (Å²) in [6, 6.07) is 7.41. The molecule has 0 aliphatic carbocycles. The topological polar surface area (TPSA) is 92.3 Å². The fraction of sp³-hybridized carbons (Fsp3) is 0.389. The van der Waals surface area contributed by atoms with E-state index in [1.807, 2.05) is 43.0 Å². The van der Waals surface area contributed by atoms with Crippen LogP contribution in [0.15, 0.2) is 36.7 Å². The summed E-state index contributed by atoms with van der Waals surface area (Å²) in [7, 11) is -2.97. The average molecular weight is 374 g/mol. The van der Waals surface area contributed by atoms with Gasteiger partial charge in [-0.25, -0.2) is 18.4 Å². The Morgan fingerprint density at radius 1 is 1.31 bits per heavy atom. The van der Waals surface area contributed by atoms with Crippen LogP contribution < -0.4 is 10.2 Å². The molecule has 0 radical (unpaired) electrons. The van der Waals surface area contributed by atoms with Gasteiger partial charge < -0.3 is 10.2 Å². The average Bonchev–Trinajstić information content (AvgIpc) is 2.96. The van der Waals surface area contributed by atoms with Crippen LogP contribution in [0.5, 0.6) is 0 Å². The van der Waals surface area contributed by atoms with Crippen molar-refractivity contribution in [1.29, 1.82) is 0 Å². The summed E-state index contributed by atoms with van der Waals surface area (Å²) in [5.41, 5.74) is 1.96. The van der Waals surface area contributed by atoms with E-state index in [1.54, 1.807) is 0 Å². The smallest absolute Gasteiger partial charge is 0.275 e. The summed E-state index contributed by atoms with van der Waals surface area (Å²) >= 11 is 0. The number of carbonyl (C=O) groups excluding carboxylic acids is 1. The summed E-state index contributed by atoms with van der Waals surface area (Å²) in [6.07, 6.45) is 3.54. The first-order valence-electron chi connectivity index (χ1n) is 8.55. The monoisotopic (exact) mass is 374 g/mol. The van der Waals surface area contributed by atoms with Crippen molar-refractivity contribution in [3.8, 4) is 0 Å². The van der Waals surface area contributed by atoms with Gasteiger partial charge in [-0.15, -0.1) is 0 Å². The molecule has 1 amide bonds. The number of aromatic nitrogens is 2. The summed E-state index contributed by atoms with van der Waals surface area (Å²) in [6.45, 7) is 4.53. The van der Waals surface area contributed by atoms with Gasteiger partial charge in [0, 0.05) is 18.3 Å². The fourth-order valence-corrected chi connectivity index (χ4v) is 4.86. The van der Waals surface area contributed by atoms with Gasteiger partial charge in [0.1, 0.15) is 11.5 Å². The number of anilines is 2. The molecule has 26 heavy (non-hydrogen) atoms. The van der Waals surface area contributed by atoms with Crippen molar-refractivity contribution >= 4 is 27.2 Å². The van der Waals surface area contributed by atoms with Crippen LogP contribution in [0.3, 0.4) is 0 Å². The molecule has 1 aromatic heterocycles. The Bertz CT molecular complexity index is 897. The molecule has 0 bridgehead atoms. The van der Waals surface area contributed by atoms with Crippen molar-refractivity contribution < 1.29 is 13.2 Å². The zero-order valence-corrected chi connectivity index (χ0v) is 15.7. The van der Waals surface area contributed by atoms with Crippen LogP contribution in [0.25, 0.3) is 0 Å². The molecule has 8 heteroatoms. The Balaban J connectivity index is 1.72. The van der Waals surface area contributed by atoms with E-state index in [2.05, 4.69) is 15.3 Å². The highest BCUT2D eigenvalue weighted by molar-refractivity contribution is 7.91. The molecule has 1 fully saturated rings. The standard InChI is InChI=1S/C18H22N4O3S/c1-3-22(15-7-8-26(24,25)12-15)17-11-19-16(10-20-17)18(23)21-14-6-4-5-13(2)9-14/h4-6,9-11,15H,3,7-8,12H2,1-2H3,(H,21,23). The molecule has 0 saturated carbocycles. The highest BCUT2D eigenvalue weighted by Crippen LogP contribution is 2.22. The zero-order valence-electron chi connectivity index (χ0n) is 14.8. The first kappa shape index (κ1) is 18.3. The molecular formula is C18H22N4O3S. The van der Waals surface area contributed by atoms with Crippen molar-refractivity contribution in [2.75, 3.05) is 28.3 Å². The van der Waals surface area contributed by atoms with Crippen LogP contribution in [-0.4, -0.2) is 48.4 Å². The maximum Gasteiger partial charge on any atom is 0.275 e. The molecule has 1 unspecified atom stereocenters. The number of aryl methyl sites for hydroxylation is 1. The zero-order chi connectivity index (χ0) is 18.7. The molecule has 1 aromatic carbocycles. The van der Waals surface area contributed by atoms with Crippen LogP contribution in [0.4, 0.5) is 11.5 Å². The molecule has 1 aliphatic heterocycles. The highest BCUT2D eigenvalue weighted by atomic mass is 32.2. The van der Waals surface area contributed by atoms with E-state index < -0.39 is 9.84 Å². The van der Waals surface area contributed by atoms with Gasteiger partial charge in [-0.05, 0) is 38.0 Å². The second-order valence-electron chi connectivity index (χ2n) is 6.43. The Morgan fingerprint density at radius 2 is 2.12 bits per heavy atom. The third-order valence-electron chi connectivity index (χ3n) is 4.43. The number of rotatable bonds is 5. The molecule has 1 saturated heterocycles. The van der Waals surface area contributed by atoms with E-state index in [1.165, 1.54) is 12.4 Å². The number of hydrogen-bond acceptors (Lipinski definition) is 6. The van der Waals surface area contributed by atoms with Crippen LogP contribution in [0.1, 0.15) is 29.4 Å². The summed E-state index contributed by atoms with van der Waals surface area (Å²) < 4.78 is 23.4. The van der Waals surface area contributed by atoms with Gasteiger partial charge in [-0.2, -0.15) is 0 Å². The minimum atomic E-state index is -2.97. The molecule has 1 N–H and O–H groups in total. The van der Waals surface area contributed by atoms with E-state index in [4.69, 9.17) is 0 Å². The summed E-state index contributed by atoms with van der Waals surface area (Å²) in [5, 5.41) is 2.79. The second-order valence-corrected chi connectivity index (χ2v) is 8.66. The Kier molecular flexibility index (Phi) is 5.22. The van der Waals surface area contributed by atoms with E-state index >= 15 is 0 Å². The predicted octanol–water partition coefficient (Wildman–Crippen LogP) is 2.05. The number of nitrogens with one attached hydrogen (secondary N) is 1. The number of carbonyl (C=O) groups is 1. The highest BCUT2D eigenvalue weighted by Gasteiger charge is 2.32. The van der Waals surface area contributed by atoms with Gasteiger partial charge in [-0.1, -0.05) is 12.1 Å². The maximum absolute atomic E-state index is 12.3. The van der Waals surface area contributed by atoms with E-state index in [0.717, 1.165) is 5.56 Å². The van der Waals surface area contributed by atoms with Crippen molar-refractivity contribution in [1.82, 2.24) is 9.97 Å². The van der Waals surface area contributed by atoms with Gasteiger partial charge in [0.15, 0.2) is 9.84 Å². The summed E-state index contributed by atoms with van der Waals surface area (Å²) in [5.74, 6) is 0.597. The van der Waals surface area contributed by atoms with E-state index in [0.29, 0.717) is 24.5 Å². The lowest BCUT2D eigenvalue weighted by atomic mass is 10.2.